The van der Waals surface area contributed by atoms with Gasteiger partial charge in [0.15, 0.2) is 0 Å². The van der Waals surface area contributed by atoms with Gasteiger partial charge in [-0.3, -0.25) is 16.0 Å². The summed E-state index contributed by atoms with van der Waals surface area (Å²) in [4.78, 5) is 0. The lowest BCUT2D eigenvalue weighted by Gasteiger charge is -2.17. The Bertz CT molecular complexity index is 579. The van der Waals surface area contributed by atoms with Crippen molar-refractivity contribution in [3.05, 3.63) is 52.6 Å². The van der Waals surface area contributed by atoms with Crippen LogP contribution < -0.4 is 11.3 Å². The molecule has 0 aliphatic heterocycles. The first kappa shape index (κ1) is 15.9. The molecular weight excluding hydrogens is 291 g/mol. The van der Waals surface area contributed by atoms with Crippen LogP contribution in [0.5, 0.6) is 0 Å². The summed E-state index contributed by atoms with van der Waals surface area (Å²) in [6, 6.07) is 6.45. The molecule has 0 spiro atoms. The number of halogens is 2. The Morgan fingerprint density at radius 1 is 1.43 bits per heavy atom. The second-order valence-electron chi connectivity index (χ2n) is 5.10. The van der Waals surface area contributed by atoms with Crippen LogP contribution in [-0.2, 0) is 6.42 Å². The molecule has 0 radical (unpaired) electrons. The molecule has 1 heterocycles. The van der Waals surface area contributed by atoms with Gasteiger partial charge in [-0.05, 0) is 31.5 Å². The second-order valence-corrected chi connectivity index (χ2v) is 5.51. The highest BCUT2D eigenvalue weighted by molar-refractivity contribution is 6.31. The third-order valence-corrected chi connectivity index (χ3v) is 4.00. The van der Waals surface area contributed by atoms with Crippen LogP contribution in [0.1, 0.15) is 43.6 Å². The largest absolute Gasteiger partial charge is 0.271 e. The van der Waals surface area contributed by atoms with Gasteiger partial charge in [0, 0.05) is 29.2 Å². The number of nitrogens with two attached hydrogens (primary N) is 1. The number of aromatic nitrogens is 2. The summed E-state index contributed by atoms with van der Waals surface area (Å²) in [6.07, 6.45) is 3.40. The molecule has 1 aromatic heterocycles. The molecule has 0 aliphatic carbocycles. The second kappa shape index (κ2) is 7.02. The van der Waals surface area contributed by atoms with Crippen LogP contribution in [0.15, 0.2) is 30.5 Å². The Balaban J connectivity index is 2.21. The molecule has 0 aliphatic rings. The van der Waals surface area contributed by atoms with Gasteiger partial charge in [-0.2, -0.15) is 5.10 Å². The van der Waals surface area contributed by atoms with Gasteiger partial charge in [0.1, 0.15) is 5.82 Å². The van der Waals surface area contributed by atoms with Crippen LogP contribution in [0, 0.1) is 5.82 Å². The lowest BCUT2D eigenvalue weighted by molar-refractivity contribution is 0.463. The molecule has 0 saturated carbocycles. The maximum atomic E-state index is 14.0. The molecule has 21 heavy (non-hydrogen) atoms. The highest BCUT2D eigenvalue weighted by atomic mass is 35.5. The fourth-order valence-electron chi connectivity index (χ4n) is 2.22. The zero-order valence-corrected chi connectivity index (χ0v) is 12.9. The number of nitrogens with zero attached hydrogens (tertiary/aromatic N) is 2. The van der Waals surface area contributed by atoms with E-state index in [4.69, 9.17) is 17.4 Å². The van der Waals surface area contributed by atoms with Crippen molar-refractivity contribution < 1.29 is 4.39 Å². The molecule has 0 fully saturated rings. The van der Waals surface area contributed by atoms with E-state index in [1.54, 1.807) is 12.1 Å². The van der Waals surface area contributed by atoms with Crippen molar-refractivity contribution in [1.29, 1.82) is 0 Å². The van der Waals surface area contributed by atoms with E-state index < -0.39 is 6.04 Å². The van der Waals surface area contributed by atoms with Crippen LogP contribution in [0.3, 0.4) is 0 Å². The van der Waals surface area contributed by atoms with Gasteiger partial charge in [-0.1, -0.05) is 24.6 Å². The maximum absolute atomic E-state index is 14.0. The normalized spacial score (nSPS) is 14.1. The molecule has 2 unspecified atom stereocenters. The van der Waals surface area contributed by atoms with Crippen LogP contribution in [0.2, 0.25) is 5.02 Å². The first-order chi connectivity index (χ1) is 10.1. The van der Waals surface area contributed by atoms with Crippen LogP contribution in [-0.4, -0.2) is 9.78 Å². The Hall–Kier alpha value is -1.43. The monoisotopic (exact) mass is 310 g/mol. The Morgan fingerprint density at radius 2 is 2.19 bits per heavy atom. The SMILES string of the molecule is CCC(C)n1ccc(CC(NN)c2c(F)cccc2Cl)n1. The Morgan fingerprint density at radius 3 is 2.81 bits per heavy atom. The van der Waals surface area contributed by atoms with Crippen LogP contribution >= 0.6 is 11.6 Å². The topological polar surface area (TPSA) is 55.9 Å². The zero-order valence-electron chi connectivity index (χ0n) is 12.2. The quantitative estimate of drug-likeness (QED) is 0.635. The highest BCUT2D eigenvalue weighted by Gasteiger charge is 2.19. The van der Waals surface area contributed by atoms with E-state index in [0.29, 0.717) is 23.0 Å². The lowest BCUT2D eigenvalue weighted by Crippen LogP contribution is -2.30. The molecule has 2 aromatic rings. The van der Waals surface area contributed by atoms with E-state index in [9.17, 15) is 4.39 Å². The minimum Gasteiger partial charge on any atom is -0.271 e. The molecule has 2 rings (SSSR count). The van der Waals surface area contributed by atoms with Crippen molar-refractivity contribution in [1.82, 2.24) is 15.2 Å². The van der Waals surface area contributed by atoms with Gasteiger partial charge in [0.2, 0.25) is 0 Å². The molecule has 2 atom stereocenters. The third-order valence-electron chi connectivity index (χ3n) is 3.67. The van der Waals surface area contributed by atoms with E-state index in [-0.39, 0.29) is 5.82 Å². The average Bonchev–Trinajstić information content (AvgIpc) is 2.93. The minimum atomic E-state index is -0.418. The summed E-state index contributed by atoms with van der Waals surface area (Å²) in [5.74, 6) is 5.20. The van der Waals surface area contributed by atoms with Crippen molar-refractivity contribution in [3.8, 4) is 0 Å². The first-order valence-electron chi connectivity index (χ1n) is 7.00. The number of nitrogens with one attached hydrogen (secondary N) is 1. The van der Waals surface area contributed by atoms with E-state index >= 15 is 0 Å². The molecule has 0 saturated heterocycles. The van der Waals surface area contributed by atoms with Crippen molar-refractivity contribution in [2.24, 2.45) is 5.84 Å². The molecule has 1 aromatic carbocycles. The zero-order chi connectivity index (χ0) is 15.4. The van der Waals surface area contributed by atoms with Crippen molar-refractivity contribution in [2.45, 2.75) is 38.8 Å². The van der Waals surface area contributed by atoms with Crippen molar-refractivity contribution in [3.63, 3.8) is 0 Å². The standard InChI is InChI=1S/C15H20ClFN4/c1-3-10(2)21-8-7-11(20-21)9-14(19-18)15-12(16)5-4-6-13(15)17/h4-8,10,14,19H,3,9,18H2,1-2H3. The summed E-state index contributed by atoms with van der Waals surface area (Å²) in [7, 11) is 0. The van der Waals surface area contributed by atoms with Gasteiger partial charge in [0.05, 0.1) is 11.7 Å². The van der Waals surface area contributed by atoms with Crippen LogP contribution in [0.4, 0.5) is 4.39 Å². The van der Waals surface area contributed by atoms with Crippen LogP contribution in [0.25, 0.3) is 0 Å². The van der Waals surface area contributed by atoms with Gasteiger partial charge in [-0.25, -0.2) is 4.39 Å². The summed E-state index contributed by atoms with van der Waals surface area (Å²) in [5.41, 5.74) is 3.85. The van der Waals surface area contributed by atoms with Crippen molar-refractivity contribution >= 4 is 11.6 Å². The number of hydrazine groups is 1. The summed E-state index contributed by atoms with van der Waals surface area (Å²) in [5, 5.41) is 4.87. The Kier molecular flexibility index (Phi) is 5.33. The molecule has 4 nitrogen and oxygen atoms in total. The number of benzene rings is 1. The third kappa shape index (κ3) is 3.61. The van der Waals surface area contributed by atoms with E-state index in [1.165, 1.54) is 6.07 Å². The average molecular weight is 311 g/mol. The first-order valence-corrected chi connectivity index (χ1v) is 7.38. The summed E-state index contributed by atoms with van der Waals surface area (Å²) in [6.45, 7) is 4.21. The van der Waals surface area contributed by atoms with Gasteiger partial charge >= 0.3 is 0 Å². The summed E-state index contributed by atoms with van der Waals surface area (Å²) >= 11 is 6.09. The number of rotatable bonds is 6. The molecule has 0 bridgehead atoms. The van der Waals surface area contributed by atoms with E-state index in [2.05, 4.69) is 24.4 Å². The highest BCUT2D eigenvalue weighted by Crippen LogP contribution is 2.27. The molecule has 6 heteroatoms. The van der Waals surface area contributed by atoms with E-state index in [1.807, 2.05) is 16.9 Å². The van der Waals surface area contributed by atoms with Gasteiger partial charge < -0.3 is 0 Å². The molecule has 3 N–H and O–H groups in total. The lowest BCUT2D eigenvalue weighted by atomic mass is 10.0. The van der Waals surface area contributed by atoms with Crippen molar-refractivity contribution in [2.75, 3.05) is 0 Å². The Labute approximate surface area is 129 Å². The number of hydrogen-bond donors (Lipinski definition) is 2. The number of hydrogen-bond acceptors (Lipinski definition) is 3. The van der Waals surface area contributed by atoms with E-state index in [0.717, 1.165) is 12.1 Å². The maximum Gasteiger partial charge on any atom is 0.129 e. The van der Waals surface area contributed by atoms with Gasteiger partial charge in [-0.15, -0.1) is 0 Å². The summed E-state index contributed by atoms with van der Waals surface area (Å²) < 4.78 is 15.9. The fourth-order valence-corrected chi connectivity index (χ4v) is 2.51. The van der Waals surface area contributed by atoms with Gasteiger partial charge in [0.25, 0.3) is 0 Å². The molecule has 0 amide bonds. The predicted octanol–water partition coefficient (Wildman–Crippen LogP) is 3.39. The molecule has 114 valence electrons. The fraction of sp³-hybridized carbons (Fsp3) is 0.400. The predicted molar refractivity (Wildman–Crippen MR) is 82.4 cm³/mol. The smallest absolute Gasteiger partial charge is 0.129 e. The molecular formula is C15H20ClFN4. The minimum absolute atomic E-state index is 0.333.